The molecule has 0 fully saturated rings. The van der Waals surface area contributed by atoms with Gasteiger partial charge in [-0.05, 0) is 49.9 Å². The van der Waals surface area contributed by atoms with Crippen LogP contribution in [-0.4, -0.2) is 23.4 Å². The standard InChI is InChI=1S/C17H20N2O3/c1-3-22-16(21)8-13-10(2)19-15(18)5-4-12-6-11(9-20)7-14(13)17(12)19/h6-7,9,15H,3-5,8,18H2,1-2H3. The van der Waals surface area contributed by atoms with Gasteiger partial charge in [0.25, 0.3) is 0 Å². The van der Waals surface area contributed by atoms with Gasteiger partial charge in [-0.25, -0.2) is 0 Å². The van der Waals surface area contributed by atoms with Crippen LogP contribution in [0, 0.1) is 6.92 Å². The lowest BCUT2D eigenvalue weighted by Crippen LogP contribution is -2.24. The van der Waals surface area contributed by atoms with E-state index in [-0.39, 0.29) is 18.6 Å². The highest BCUT2D eigenvalue weighted by atomic mass is 16.5. The number of carbonyl (C=O) groups is 2. The SMILES string of the molecule is CCOC(=O)Cc1c(C)n2c3c(cc(C=O)cc13)CCC2N. The molecule has 1 aliphatic heterocycles. The molecular weight excluding hydrogens is 280 g/mol. The third kappa shape index (κ3) is 2.22. The zero-order chi connectivity index (χ0) is 15.9. The summed E-state index contributed by atoms with van der Waals surface area (Å²) >= 11 is 0. The fraction of sp³-hybridized carbons (Fsp3) is 0.412. The average Bonchev–Trinajstić information content (AvgIpc) is 2.77. The quantitative estimate of drug-likeness (QED) is 0.694. The molecule has 5 nitrogen and oxygen atoms in total. The number of esters is 1. The van der Waals surface area contributed by atoms with Crippen LogP contribution in [0.4, 0.5) is 0 Å². The number of rotatable bonds is 4. The normalized spacial score (nSPS) is 16.8. The molecule has 22 heavy (non-hydrogen) atoms. The summed E-state index contributed by atoms with van der Waals surface area (Å²) in [5.74, 6) is -0.254. The predicted octanol–water partition coefficient (Wildman–Crippen LogP) is 2.27. The molecule has 1 aromatic carbocycles. The molecule has 5 heteroatoms. The third-order valence-electron chi connectivity index (χ3n) is 4.38. The largest absolute Gasteiger partial charge is 0.466 e. The van der Waals surface area contributed by atoms with Gasteiger partial charge in [0.2, 0.25) is 0 Å². The Morgan fingerprint density at radius 3 is 2.95 bits per heavy atom. The number of hydrogen-bond acceptors (Lipinski definition) is 4. The Hall–Kier alpha value is -2.14. The van der Waals surface area contributed by atoms with Gasteiger partial charge in [0.05, 0.1) is 24.7 Å². The topological polar surface area (TPSA) is 74.3 Å². The molecular formula is C17H20N2O3. The van der Waals surface area contributed by atoms with Crippen molar-refractivity contribution in [3.8, 4) is 0 Å². The second-order valence-electron chi connectivity index (χ2n) is 5.72. The van der Waals surface area contributed by atoms with Gasteiger partial charge in [-0.2, -0.15) is 0 Å². The van der Waals surface area contributed by atoms with Crippen LogP contribution in [0.1, 0.15) is 46.7 Å². The van der Waals surface area contributed by atoms with Crippen molar-refractivity contribution in [2.45, 2.75) is 39.3 Å². The molecule has 2 heterocycles. The molecule has 2 N–H and O–H groups in total. The van der Waals surface area contributed by atoms with E-state index in [9.17, 15) is 9.59 Å². The van der Waals surface area contributed by atoms with Crippen LogP contribution >= 0.6 is 0 Å². The number of nitrogens with zero attached hydrogens (tertiary/aromatic N) is 1. The first-order chi connectivity index (χ1) is 10.6. The van der Waals surface area contributed by atoms with Crippen molar-refractivity contribution < 1.29 is 14.3 Å². The number of aromatic nitrogens is 1. The van der Waals surface area contributed by atoms with E-state index >= 15 is 0 Å². The maximum Gasteiger partial charge on any atom is 0.310 e. The Kier molecular flexibility index (Phi) is 3.74. The van der Waals surface area contributed by atoms with Crippen molar-refractivity contribution >= 4 is 23.2 Å². The lowest BCUT2D eigenvalue weighted by molar-refractivity contribution is -0.142. The number of benzene rings is 1. The fourth-order valence-corrected chi connectivity index (χ4v) is 3.43. The number of ether oxygens (including phenoxy) is 1. The lowest BCUT2D eigenvalue weighted by atomic mass is 9.98. The summed E-state index contributed by atoms with van der Waals surface area (Å²) in [6.07, 6.45) is 2.65. The fourth-order valence-electron chi connectivity index (χ4n) is 3.43. The van der Waals surface area contributed by atoms with Crippen molar-refractivity contribution in [3.05, 3.63) is 34.5 Å². The second kappa shape index (κ2) is 5.57. The minimum absolute atomic E-state index is 0.0898. The highest BCUT2D eigenvalue weighted by molar-refractivity contribution is 5.95. The molecule has 0 saturated carbocycles. The van der Waals surface area contributed by atoms with E-state index in [1.165, 1.54) is 0 Å². The van der Waals surface area contributed by atoms with Crippen molar-refractivity contribution in [1.29, 1.82) is 0 Å². The Balaban J connectivity index is 2.24. The summed E-state index contributed by atoms with van der Waals surface area (Å²) in [5, 5.41) is 0.945. The maximum atomic E-state index is 11.9. The van der Waals surface area contributed by atoms with Crippen LogP contribution in [0.15, 0.2) is 12.1 Å². The van der Waals surface area contributed by atoms with E-state index in [1.54, 1.807) is 6.92 Å². The van der Waals surface area contributed by atoms with E-state index < -0.39 is 0 Å². The molecule has 0 amide bonds. The zero-order valence-electron chi connectivity index (χ0n) is 12.9. The molecule has 1 aromatic heterocycles. The molecule has 0 aliphatic carbocycles. The summed E-state index contributed by atoms with van der Waals surface area (Å²) in [5.41, 5.74) is 11.0. The maximum absolute atomic E-state index is 11.9. The van der Waals surface area contributed by atoms with Crippen LogP contribution in [0.5, 0.6) is 0 Å². The zero-order valence-corrected chi connectivity index (χ0v) is 12.9. The van der Waals surface area contributed by atoms with Gasteiger partial charge in [-0.15, -0.1) is 0 Å². The molecule has 0 bridgehead atoms. The van der Waals surface area contributed by atoms with Crippen molar-refractivity contribution in [2.24, 2.45) is 5.73 Å². The van der Waals surface area contributed by atoms with Gasteiger partial charge in [0.15, 0.2) is 0 Å². The predicted molar refractivity (Wildman–Crippen MR) is 83.9 cm³/mol. The molecule has 2 aromatic rings. The third-order valence-corrected chi connectivity index (χ3v) is 4.38. The Morgan fingerprint density at radius 2 is 2.27 bits per heavy atom. The number of aryl methyl sites for hydroxylation is 1. The van der Waals surface area contributed by atoms with Crippen LogP contribution in [0.2, 0.25) is 0 Å². The van der Waals surface area contributed by atoms with Crippen LogP contribution in [0.25, 0.3) is 10.9 Å². The monoisotopic (exact) mass is 300 g/mol. The second-order valence-corrected chi connectivity index (χ2v) is 5.72. The molecule has 0 saturated heterocycles. The number of hydrogen-bond donors (Lipinski definition) is 1. The van der Waals surface area contributed by atoms with Crippen molar-refractivity contribution in [2.75, 3.05) is 6.61 Å². The van der Waals surface area contributed by atoms with Gasteiger partial charge in [0, 0.05) is 16.6 Å². The smallest absolute Gasteiger partial charge is 0.310 e. The lowest BCUT2D eigenvalue weighted by Gasteiger charge is -2.24. The van der Waals surface area contributed by atoms with E-state index in [4.69, 9.17) is 10.5 Å². The van der Waals surface area contributed by atoms with Crippen molar-refractivity contribution in [1.82, 2.24) is 4.57 Å². The summed E-state index contributed by atoms with van der Waals surface area (Å²) in [4.78, 5) is 23.1. The van der Waals surface area contributed by atoms with E-state index in [0.29, 0.717) is 12.2 Å². The number of aldehydes is 1. The van der Waals surface area contributed by atoms with E-state index in [1.807, 2.05) is 19.1 Å². The Morgan fingerprint density at radius 1 is 1.50 bits per heavy atom. The molecule has 116 valence electrons. The summed E-state index contributed by atoms with van der Waals surface area (Å²) < 4.78 is 7.17. The van der Waals surface area contributed by atoms with Crippen LogP contribution < -0.4 is 5.73 Å². The molecule has 0 radical (unpaired) electrons. The van der Waals surface area contributed by atoms with Gasteiger partial charge in [-0.1, -0.05) is 0 Å². The van der Waals surface area contributed by atoms with Crippen LogP contribution in [-0.2, 0) is 22.4 Å². The molecule has 0 spiro atoms. The first-order valence-electron chi connectivity index (χ1n) is 7.59. The van der Waals surface area contributed by atoms with E-state index in [0.717, 1.165) is 46.9 Å². The Bertz CT molecular complexity index is 761. The molecule has 1 unspecified atom stereocenters. The van der Waals surface area contributed by atoms with Gasteiger partial charge >= 0.3 is 5.97 Å². The highest BCUT2D eigenvalue weighted by Gasteiger charge is 2.26. The first kappa shape index (κ1) is 14.8. The first-order valence-corrected chi connectivity index (χ1v) is 7.59. The molecule has 1 aliphatic rings. The van der Waals surface area contributed by atoms with Gasteiger partial charge in [-0.3, -0.25) is 9.59 Å². The van der Waals surface area contributed by atoms with Crippen molar-refractivity contribution in [3.63, 3.8) is 0 Å². The Labute approximate surface area is 129 Å². The minimum atomic E-state index is -0.254. The van der Waals surface area contributed by atoms with Gasteiger partial charge < -0.3 is 15.0 Å². The highest BCUT2D eigenvalue weighted by Crippen LogP contribution is 2.36. The summed E-state index contributed by atoms with van der Waals surface area (Å²) in [6, 6.07) is 3.77. The number of carbonyl (C=O) groups excluding carboxylic acids is 2. The number of nitrogens with two attached hydrogens (primary N) is 1. The van der Waals surface area contributed by atoms with E-state index in [2.05, 4.69) is 4.57 Å². The summed E-state index contributed by atoms with van der Waals surface area (Å²) in [7, 11) is 0. The molecule has 3 rings (SSSR count). The summed E-state index contributed by atoms with van der Waals surface area (Å²) in [6.45, 7) is 4.13. The van der Waals surface area contributed by atoms with Crippen LogP contribution in [0.3, 0.4) is 0 Å². The minimum Gasteiger partial charge on any atom is -0.466 e. The average molecular weight is 300 g/mol. The molecule has 1 atom stereocenters. The van der Waals surface area contributed by atoms with Gasteiger partial charge in [0.1, 0.15) is 6.29 Å².